The summed E-state index contributed by atoms with van der Waals surface area (Å²) in [5.41, 5.74) is 3.80. The highest BCUT2D eigenvalue weighted by Crippen LogP contribution is 2.52. The van der Waals surface area contributed by atoms with E-state index < -0.39 is 5.97 Å². The van der Waals surface area contributed by atoms with E-state index in [2.05, 4.69) is 18.2 Å². The molecule has 94 valence electrons. The highest BCUT2D eigenvalue weighted by atomic mass is 16.4. The molecule has 2 heteroatoms. The maximum atomic E-state index is 11.0. The fourth-order valence-electron chi connectivity index (χ4n) is 3.73. The van der Waals surface area contributed by atoms with Crippen molar-refractivity contribution >= 4 is 11.5 Å². The zero-order chi connectivity index (χ0) is 12.6. The molecule has 1 aromatic carbocycles. The second kappa shape index (κ2) is 4.27. The van der Waals surface area contributed by atoms with Crippen molar-refractivity contribution in [2.45, 2.75) is 43.9 Å². The van der Waals surface area contributed by atoms with E-state index in [1.165, 1.54) is 49.3 Å². The number of benzene rings is 1. The Morgan fingerprint density at radius 2 is 1.89 bits per heavy atom. The molecular weight excluding hydrogens is 224 g/mol. The molecule has 2 aliphatic carbocycles. The number of carboxylic acid groups (broad SMARTS) is 1. The van der Waals surface area contributed by atoms with E-state index in [0.717, 1.165) is 12.0 Å². The van der Waals surface area contributed by atoms with Gasteiger partial charge in [-0.25, -0.2) is 4.79 Å². The third-order valence-corrected chi connectivity index (χ3v) is 4.48. The number of aliphatic carboxylic acids is 1. The van der Waals surface area contributed by atoms with Crippen LogP contribution in [0.5, 0.6) is 0 Å². The van der Waals surface area contributed by atoms with Crippen molar-refractivity contribution in [2.24, 2.45) is 0 Å². The first-order valence-electron chi connectivity index (χ1n) is 6.75. The molecule has 3 rings (SSSR count). The minimum Gasteiger partial charge on any atom is -0.478 e. The van der Waals surface area contributed by atoms with Crippen LogP contribution in [0.1, 0.15) is 49.7 Å². The minimum absolute atomic E-state index is 0.232. The molecule has 1 N–H and O–H groups in total. The topological polar surface area (TPSA) is 37.3 Å². The summed E-state index contributed by atoms with van der Waals surface area (Å²) in [4.78, 5) is 11.0. The molecule has 0 aromatic heterocycles. The zero-order valence-corrected chi connectivity index (χ0v) is 10.5. The molecule has 2 aliphatic rings. The Morgan fingerprint density at radius 1 is 1.17 bits per heavy atom. The number of carbonyl (C=O) groups is 1. The van der Waals surface area contributed by atoms with E-state index in [4.69, 9.17) is 5.11 Å². The van der Waals surface area contributed by atoms with Gasteiger partial charge >= 0.3 is 5.97 Å². The molecule has 0 heterocycles. The SMILES string of the molecule is O=C(O)C=C1CC2(CCCCC2)c2ccccc21. The summed E-state index contributed by atoms with van der Waals surface area (Å²) in [6.45, 7) is 0. The van der Waals surface area contributed by atoms with E-state index >= 15 is 0 Å². The first-order chi connectivity index (χ1) is 8.71. The third kappa shape index (κ3) is 1.76. The Balaban J connectivity index is 2.09. The molecule has 1 spiro atoms. The van der Waals surface area contributed by atoms with Crippen molar-refractivity contribution in [3.05, 3.63) is 41.5 Å². The molecule has 0 saturated heterocycles. The highest BCUT2D eigenvalue weighted by molar-refractivity contribution is 5.92. The van der Waals surface area contributed by atoms with Crippen LogP contribution in [-0.4, -0.2) is 11.1 Å². The zero-order valence-electron chi connectivity index (χ0n) is 10.5. The first-order valence-corrected chi connectivity index (χ1v) is 6.75. The normalized spacial score (nSPS) is 23.2. The second-order valence-corrected chi connectivity index (χ2v) is 5.57. The average Bonchev–Trinajstić information content (AvgIpc) is 2.65. The number of rotatable bonds is 1. The number of fused-ring (bicyclic) bond motifs is 2. The highest BCUT2D eigenvalue weighted by Gasteiger charge is 2.41. The van der Waals surface area contributed by atoms with Gasteiger partial charge in [-0.1, -0.05) is 43.5 Å². The maximum absolute atomic E-state index is 11.0. The molecule has 0 amide bonds. The van der Waals surface area contributed by atoms with Gasteiger partial charge in [0.25, 0.3) is 0 Å². The molecule has 0 atom stereocenters. The summed E-state index contributed by atoms with van der Waals surface area (Å²) in [5.74, 6) is -0.826. The smallest absolute Gasteiger partial charge is 0.328 e. The van der Waals surface area contributed by atoms with E-state index in [9.17, 15) is 4.79 Å². The van der Waals surface area contributed by atoms with Crippen LogP contribution in [0.2, 0.25) is 0 Å². The molecule has 18 heavy (non-hydrogen) atoms. The molecule has 1 fully saturated rings. The van der Waals surface area contributed by atoms with Crippen LogP contribution in [0.15, 0.2) is 30.3 Å². The Kier molecular flexibility index (Phi) is 2.73. The van der Waals surface area contributed by atoms with Gasteiger partial charge in [0.05, 0.1) is 0 Å². The lowest BCUT2D eigenvalue weighted by molar-refractivity contribution is -0.131. The lowest BCUT2D eigenvalue weighted by atomic mass is 9.70. The van der Waals surface area contributed by atoms with Crippen molar-refractivity contribution < 1.29 is 9.90 Å². The Bertz CT molecular complexity index is 508. The Labute approximate surface area is 107 Å². The largest absolute Gasteiger partial charge is 0.478 e. The van der Waals surface area contributed by atoms with Gasteiger partial charge in [-0.05, 0) is 41.4 Å². The van der Waals surface area contributed by atoms with Gasteiger partial charge < -0.3 is 5.11 Å². The molecule has 0 unspecified atom stereocenters. The standard InChI is InChI=1S/C16H18O2/c17-15(18)10-12-11-16(8-4-1-5-9-16)14-7-3-2-6-13(12)14/h2-3,6-7,10H,1,4-5,8-9,11H2,(H,17,18). The van der Waals surface area contributed by atoms with Gasteiger partial charge in [-0.2, -0.15) is 0 Å². The molecule has 1 saturated carbocycles. The van der Waals surface area contributed by atoms with Crippen LogP contribution in [-0.2, 0) is 10.2 Å². The molecule has 0 aliphatic heterocycles. The predicted octanol–water partition coefficient (Wildman–Crippen LogP) is 3.76. The summed E-state index contributed by atoms with van der Waals surface area (Å²) >= 11 is 0. The van der Waals surface area contributed by atoms with Crippen molar-refractivity contribution in [1.29, 1.82) is 0 Å². The monoisotopic (exact) mass is 242 g/mol. The van der Waals surface area contributed by atoms with Crippen LogP contribution < -0.4 is 0 Å². The fraction of sp³-hybridized carbons (Fsp3) is 0.438. The first kappa shape index (κ1) is 11.5. The fourth-order valence-corrected chi connectivity index (χ4v) is 3.73. The van der Waals surface area contributed by atoms with Gasteiger partial charge in [-0.3, -0.25) is 0 Å². The van der Waals surface area contributed by atoms with Crippen LogP contribution in [0, 0.1) is 0 Å². The van der Waals surface area contributed by atoms with Gasteiger partial charge in [-0.15, -0.1) is 0 Å². The summed E-state index contributed by atoms with van der Waals surface area (Å²) in [6.07, 6.45) is 8.61. The van der Waals surface area contributed by atoms with Crippen molar-refractivity contribution in [1.82, 2.24) is 0 Å². The van der Waals surface area contributed by atoms with E-state index in [-0.39, 0.29) is 5.41 Å². The van der Waals surface area contributed by atoms with Crippen LogP contribution in [0.3, 0.4) is 0 Å². The molecule has 1 aromatic rings. The molecular formula is C16H18O2. The second-order valence-electron chi connectivity index (χ2n) is 5.57. The lowest BCUT2D eigenvalue weighted by Gasteiger charge is -2.34. The molecule has 2 nitrogen and oxygen atoms in total. The maximum Gasteiger partial charge on any atom is 0.328 e. The summed E-state index contributed by atoms with van der Waals surface area (Å²) in [7, 11) is 0. The van der Waals surface area contributed by atoms with Crippen LogP contribution >= 0.6 is 0 Å². The van der Waals surface area contributed by atoms with Crippen molar-refractivity contribution in [3.63, 3.8) is 0 Å². The average molecular weight is 242 g/mol. The quantitative estimate of drug-likeness (QED) is 0.761. The van der Waals surface area contributed by atoms with Crippen molar-refractivity contribution in [3.8, 4) is 0 Å². The minimum atomic E-state index is -0.826. The van der Waals surface area contributed by atoms with E-state index in [0.29, 0.717) is 0 Å². The summed E-state index contributed by atoms with van der Waals surface area (Å²) in [5, 5.41) is 9.01. The molecule has 0 bridgehead atoms. The van der Waals surface area contributed by atoms with Crippen LogP contribution in [0.4, 0.5) is 0 Å². The lowest BCUT2D eigenvalue weighted by Crippen LogP contribution is -2.25. The third-order valence-electron chi connectivity index (χ3n) is 4.48. The number of hydrogen-bond donors (Lipinski definition) is 1. The number of allylic oxidation sites excluding steroid dienone is 1. The Morgan fingerprint density at radius 3 is 2.61 bits per heavy atom. The van der Waals surface area contributed by atoms with Gasteiger partial charge in [0.2, 0.25) is 0 Å². The summed E-state index contributed by atoms with van der Waals surface area (Å²) < 4.78 is 0. The van der Waals surface area contributed by atoms with Gasteiger partial charge in [0.1, 0.15) is 0 Å². The van der Waals surface area contributed by atoms with Gasteiger partial charge in [0, 0.05) is 6.08 Å². The number of hydrogen-bond acceptors (Lipinski definition) is 1. The van der Waals surface area contributed by atoms with E-state index in [1.807, 2.05) is 6.07 Å². The number of carboxylic acids is 1. The Hall–Kier alpha value is -1.57. The molecule has 0 radical (unpaired) electrons. The van der Waals surface area contributed by atoms with Gasteiger partial charge in [0.15, 0.2) is 0 Å². The van der Waals surface area contributed by atoms with Crippen molar-refractivity contribution in [2.75, 3.05) is 0 Å². The summed E-state index contributed by atoms with van der Waals surface area (Å²) in [6, 6.07) is 8.37. The predicted molar refractivity (Wildman–Crippen MR) is 71.4 cm³/mol. The van der Waals surface area contributed by atoms with Crippen LogP contribution in [0.25, 0.3) is 5.57 Å². The van der Waals surface area contributed by atoms with E-state index in [1.54, 1.807) is 0 Å².